The highest BCUT2D eigenvalue weighted by Gasteiger charge is 2.31. The molecule has 0 fully saturated rings. The van der Waals surface area contributed by atoms with Crippen molar-refractivity contribution in [3.8, 4) is 11.3 Å². The van der Waals surface area contributed by atoms with Gasteiger partial charge in [0.05, 0.1) is 10.5 Å². The molecule has 0 saturated carbocycles. The minimum absolute atomic E-state index is 0.0594. The highest BCUT2D eigenvalue weighted by atomic mass is 35.5. The van der Waals surface area contributed by atoms with Crippen LogP contribution in [0.2, 0.25) is 5.15 Å². The van der Waals surface area contributed by atoms with E-state index in [1.165, 1.54) is 6.07 Å². The predicted molar refractivity (Wildman–Crippen MR) is 64.1 cm³/mol. The van der Waals surface area contributed by atoms with Crippen molar-refractivity contribution in [3.05, 3.63) is 51.4 Å². The highest BCUT2D eigenvalue weighted by Crippen LogP contribution is 2.36. The molecule has 0 atom stereocenters. The van der Waals surface area contributed by atoms with Crippen LogP contribution in [-0.4, -0.2) is 14.9 Å². The average Bonchev–Trinajstić information content (AvgIpc) is 2.37. The van der Waals surface area contributed by atoms with E-state index in [2.05, 4.69) is 9.97 Å². The first-order chi connectivity index (χ1) is 9.30. The van der Waals surface area contributed by atoms with E-state index in [0.717, 1.165) is 24.5 Å². The first kappa shape index (κ1) is 14.2. The molecule has 104 valence electrons. The van der Waals surface area contributed by atoms with E-state index in [9.17, 15) is 23.3 Å². The van der Waals surface area contributed by atoms with Crippen LogP contribution in [0.4, 0.5) is 18.9 Å². The van der Waals surface area contributed by atoms with Crippen molar-refractivity contribution in [1.29, 1.82) is 0 Å². The monoisotopic (exact) mass is 303 g/mol. The second kappa shape index (κ2) is 5.04. The molecule has 0 aliphatic rings. The Morgan fingerprint density at radius 2 is 1.95 bits per heavy atom. The van der Waals surface area contributed by atoms with Crippen molar-refractivity contribution >= 4 is 17.3 Å². The SMILES string of the molecule is O=[N+]([O-])c1c(Cl)ncnc1-c1cccc(C(F)(F)F)c1. The summed E-state index contributed by atoms with van der Waals surface area (Å²) in [5.74, 6) is 0. The third kappa shape index (κ3) is 2.69. The van der Waals surface area contributed by atoms with E-state index in [-0.39, 0.29) is 11.3 Å². The second-order valence-corrected chi connectivity index (χ2v) is 4.06. The maximum atomic E-state index is 12.6. The van der Waals surface area contributed by atoms with Crippen LogP contribution in [0.1, 0.15) is 5.56 Å². The molecule has 0 spiro atoms. The van der Waals surface area contributed by atoms with Crippen LogP contribution in [0.3, 0.4) is 0 Å². The quantitative estimate of drug-likeness (QED) is 0.481. The van der Waals surface area contributed by atoms with Gasteiger partial charge in [0.2, 0.25) is 5.15 Å². The van der Waals surface area contributed by atoms with Crippen molar-refractivity contribution in [1.82, 2.24) is 9.97 Å². The summed E-state index contributed by atoms with van der Waals surface area (Å²) in [7, 11) is 0. The largest absolute Gasteiger partial charge is 0.416 e. The Morgan fingerprint density at radius 3 is 2.55 bits per heavy atom. The summed E-state index contributed by atoms with van der Waals surface area (Å²) < 4.78 is 37.9. The van der Waals surface area contributed by atoms with Gasteiger partial charge in [-0.1, -0.05) is 23.7 Å². The normalized spacial score (nSPS) is 11.4. The van der Waals surface area contributed by atoms with E-state index in [4.69, 9.17) is 11.6 Å². The molecule has 1 aromatic carbocycles. The molecule has 2 aromatic rings. The Hall–Kier alpha value is -2.22. The number of hydrogen-bond acceptors (Lipinski definition) is 4. The molecule has 9 heteroatoms. The molecule has 0 saturated heterocycles. The summed E-state index contributed by atoms with van der Waals surface area (Å²) in [5, 5.41) is 10.5. The molecular weight excluding hydrogens is 299 g/mol. The number of alkyl halides is 3. The number of nitro groups is 1. The van der Waals surface area contributed by atoms with Crippen molar-refractivity contribution in [2.45, 2.75) is 6.18 Å². The molecule has 0 aliphatic carbocycles. The average molecular weight is 304 g/mol. The molecule has 0 unspecified atom stereocenters. The predicted octanol–water partition coefficient (Wildman–Crippen LogP) is 3.72. The highest BCUT2D eigenvalue weighted by molar-refractivity contribution is 6.31. The van der Waals surface area contributed by atoms with Gasteiger partial charge < -0.3 is 0 Å². The Labute approximate surface area is 115 Å². The van der Waals surface area contributed by atoms with Gasteiger partial charge >= 0.3 is 11.9 Å². The molecule has 1 heterocycles. The molecule has 20 heavy (non-hydrogen) atoms. The molecule has 5 nitrogen and oxygen atoms in total. The Balaban J connectivity index is 2.64. The molecule has 0 bridgehead atoms. The zero-order valence-corrected chi connectivity index (χ0v) is 10.3. The van der Waals surface area contributed by atoms with E-state index in [1.807, 2.05) is 0 Å². The van der Waals surface area contributed by atoms with Crippen LogP contribution in [0, 0.1) is 10.1 Å². The van der Waals surface area contributed by atoms with Gasteiger partial charge in [-0.2, -0.15) is 13.2 Å². The van der Waals surface area contributed by atoms with Gasteiger partial charge in [0, 0.05) is 5.56 Å². The van der Waals surface area contributed by atoms with Crippen molar-refractivity contribution in [2.24, 2.45) is 0 Å². The standard InChI is InChI=1S/C11H5ClF3N3O2/c12-10-9(18(19)20)8(16-5-17-10)6-2-1-3-7(4-6)11(13,14)15/h1-5H. The van der Waals surface area contributed by atoms with Crippen LogP contribution >= 0.6 is 11.6 Å². The van der Waals surface area contributed by atoms with Gasteiger partial charge in [-0.05, 0) is 12.1 Å². The van der Waals surface area contributed by atoms with Crippen LogP contribution < -0.4 is 0 Å². The summed E-state index contributed by atoms with van der Waals surface area (Å²) >= 11 is 5.59. The van der Waals surface area contributed by atoms with Crippen molar-refractivity contribution in [2.75, 3.05) is 0 Å². The van der Waals surface area contributed by atoms with Gasteiger partial charge in [0.15, 0.2) is 5.69 Å². The van der Waals surface area contributed by atoms with Gasteiger partial charge in [-0.3, -0.25) is 10.1 Å². The van der Waals surface area contributed by atoms with E-state index < -0.39 is 27.5 Å². The van der Waals surface area contributed by atoms with Gasteiger partial charge in [0.25, 0.3) is 0 Å². The maximum absolute atomic E-state index is 12.6. The number of halogens is 4. The topological polar surface area (TPSA) is 68.9 Å². The molecule has 0 N–H and O–H groups in total. The Bertz CT molecular complexity index is 676. The maximum Gasteiger partial charge on any atom is 0.416 e. The van der Waals surface area contributed by atoms with E-state index in [1.54, 1.807) is 0 Å². The summed E-state index contributed by atoms with van der Waals surface area (Å²) in [6.07, 6.45) is -3.60. The van der Waals surface area contributed by atoms with Gasteiger partial charge in [0.1, 0.15) is 6.33 Å². The fraction of sp³-hybridized carbons (Fsp3) is 0.0909. The minimum atomic E-state index is -4.55. The number of hydrogen-bond donors (Lipinski definition) is 0. The van der Waals surface area contributed by atoms with Crippen LogP contribution in [0.5, 0.6) is 0 Å². The molecule has 2 rings (SSSR count). The minimum Gasteiger partial charge on any atom is -0.258 e. The summed E-state index contributed by atoms with van der Waals surface area (Å²) in [6, 6.07) is 4.04. The smallest absolute Gasteiger partial charge is 0.258 e. The van der Waals surface area contributed by atoms with Gasteiger partial charge in [-0.25, -0.2) is 9.97 Å². The fourth-order valence-electron chi connectivity index (χ4n) is 1.57. The zero-order chi connectivity index (χ0) is 14.9. The first-order valence-electron chi connectivity index (χ1n) is 5.13. The van der Waals surface area contributed by atoms with Crippen molar-refractivity contribution in [3.63, 3.8) is 0 Å². The molecule has 1 aromatic heterocycles. The molecule has 0 aliphatic heterocycles. The zero-order valence-electron chi connectivity index (χ0n) is 9.56. The lowest BCUT2D eigenvalue weighted by Gasteiger charge is -2.08. The Kier molecular flexibility index (Phi) is 3.58. The van der Waals surface area contributed by atoms with E-state index >= 15 is 0 Å². The Morgan fingerprint density at radius 1 is 1.25 bits per heavy atom. The van der Waals surface area contributed by atoms with Gasteiger partial charge in [-0.15, -0.1) is 0 Å². The number of aromatic nitrogens is 2. The second-order valence-electron chi connectivity index (χ2n) is 3.70. The summed E-state index contributed by atoms with van der Waals surface area (Å²) in [6.45, 7) is 0. The lowest BCUT2D eigenvalue weighted by molar-refractivity contribution is -0.384. The molecule has 0 amide bonds. The van der Waals surface area contributed by atoms with Crippen LogP contribution in [-0.2, 0) is 6.18 Å². The number of benzene rings is 1. The van der Waals surface area contributed by atoms with Crippen molar-refractivity contribution < 1.29 is 18.1 Å². The number of nitrogens with zero attached hydrogens (tertiary/aromatic N) is 3. The molecule has 0 radical (unpaired) electrons. The number of rotatable bonds is 2. The third-order valence-electron chi connectivity index (χ3n) is 2.42. The third-order valence-corrected chi connectivity index (χ3v) is 2.70. The fourth-order valence-corrected chi connectivity index (χ4v) is 1.78. The summed E-state index contributed by atoms with van der Waals surface area (Å²) in [4.78, 5) is 17.2. The first-order valence-corrected chi connectivity index (χ1v) is 5.51. The lowest BCUT2D eigenvalue weighted by atomic mass is 10.1. The molecular formula is C11H5ClF3N3O2. The van der Waals surface area contributed by atoms with E-state index in [0.29, 0.717) is 0 Å². The van der Waals surface area contributed by atoms with Crippen LogP contribution in [0.15, 0.2) is 30.6 Å². The van der Waals surface area contributed by atoms with Crippen LogP contribution in [0.25, 0.3) is 11.3 Å². The lowest BCUT2D eigenvalue weighted by Crippen LogP contribution is -2.05. The summed E-state index contributed by atoms with van der Waals surface area (Å²) in [5.41, 5.74) is -1.88.